The van der Waals surface area contributed by atoms with Crippen molar-refractivity contribution in [1.82, 2.24) is 4.72 Å². The average molecular weight is 273 g/mol. The molecule has 18 heavy (non-hydrogen) atoms. The van der Waals surface area contributed by atoms with Crippen LogP contribution in [0.2, 0.25) is 0 Å². The highest BCUT2D eigenvalue weighted by molar-refractivity contribution is 7.90. The molecule has 1 aromatic rings. The summed E-state index contributed by atoms with van der Waals surface area (Å²) in [6.07, 6.45) is 0. The van der Waals surface area contributed by atoms with E-state index in [1.807, 2.05) is 6.07 Å². The summed E-state index contributed by atoms with van der Waals surface area (Å²) in [5.41, 5.74) is 6.98. The summed E-state index contributed by atoms with van der Waals surface area (Å²) in [6.45, 7) is 0.939. The maximum atomic E-state index is 11.9. The highest BCUT2D eigenvalue weighted by Crippen LogP contribution is 2.16. The molecule has 0 saturated carbocycles. The van der Waals surface area contributed by atoms with Crippen LogP contribution >= 0.6 is 0 Å². The second kappa shape index (κ2) is 6.69. The largest absolute Gasteiger partial charge is 0.383 e. The van der Waals surface area contributed by atoms with Gasteiger partial charge in [0.1, 0.15) is 0 Å². The Kier molecular flexibility index (Phi) is 5.54. The summed E-state index contributed by atoms with van der Waals surface area (Å²) >= 11 is 0. The van der Waals surface area contributed by atoms with Crippen LogP contribution in [0.1, 0.15) is 5.56 Å². The molecule has 0 heterocycles. The predicted octanol–water partition coefficient (Wildman–Crippen LogP) is 0.0623. The number of rotatable bonds is 7. The van der Waals surface area contributed by atoms with Gasteiger partial charge in [-0.3, -0.25) is 4.31 Å². The first-order valence-corrected chi connectivity index (χ1v) is 6.96. The van der Waals surface area contributed by atoms with Crippen molar-refractivity contribution in [3.63, 3.8) is 0 Å². The lowest BCUT2D eigenvalue weighted by molar-refractivity contribution is 0.204. The van der Waals surface area contributed by atoms with Gasteiger partial charge in [-0.25, -0.2) is 0 Å². The number of methoxy groups -OCH3 is 1. The number of ether oxygens (including phenoxy) is 1. The number of anilines is 1. The molecule has 0 aromatic heterocycles. The van der Waals surface area contributed by atoms with Crippen molar-refractivity contribution in [3.05, 3.63) is 29.8 Å². The Hall–Kier alpha value is -1.15. The lowest BCUT2D eigenvalue weighted by Gasteiger charge is -2.20. The van der Waals surface area contributed by atoms with Gasteiger partial charge in [-0.2, -0.15) is 13.1 Å². The minimum atomic E-state index is -3.55. The Labute approximate surface area is 108 Å². The van der Waals surface area contributed by atoms with Gasteiger partial charge in [-0.05, 0) is 17.7 Å². The minimum absolute atomic E-state index is 0.236. The van der Waals surface area contributed by atoms with Gasteiger partial charge in [0.25, 0.3) is 0 Å². The van der Waals surface area contributed by atoms with Crippen LogP contribution in [0.3, 0.4) is 0 Å². The van der Waals surface area contributed by atoms with Gasteiger partial charge >= 0.3 is 10.2 Å². The molecule has 0 saturated heterocycles. The van der Waals surface area contributed by atoms with Gasteiger partial charge in [0.2, 0.25) is 0 Å². The summed E-state index contributed by atoms with van der Waals surface area (Å²) in [6, 6.07) is 7.09. The van der Waals surface area contributed by atoms with Gasteiger partial charge in [0.15, 0.2) is 0 Å². The normalized spacial score (nSPS) is 11.5. The van der Waals surface area contributed by atoms with E-state index >= 15 is 0 Å². The molecule has 0 bridgehead atoms. The summed E-state index contributed by atoms with van der Waals surface area (Å²) < 4.78 is 32.3. The van der Waals surface area contributed by atoms with Crippen LogP contribution in [0.25, 0.3) is 0 Å². The van der Waals surface area contributed by atoms with Crippen LogP contribution in [0.15, 0.2) is 24.3 Å². The Morgan fingerprint density at radius 2 is 2.17 bits per heavy atom. The van der Waals surface area contributed by atoms with Crippen LogP contribution in [0.5, 0.6) is 0 Å². The molecular weight excluding hydrogens is 254 g/mol. The average Bonchev–Trinajstić information content (AvgIpc) is 2.38. The van der Waals surface area contributed by atoms with Gasteiger partial charge in [-0.1, -0.05) is 12.1 Å². The summed E-state index contributed by atoms with van der Waals surface area (Å²) in [4.78, 5) is 0. The zero-order valence-electron chi connectivity index (χ0n) is 10.6. The third kappa shape index (κ3) is 3.95. The molecule has 0 radical (unpaired) electrons. The quantitative estimate of drug-likeness (QED) is 0.688. The Bertz CT molecular complexity index is 476. The zero-order valence-corrected chi connectivity index (χ0v) is 11.4. The van der Waals surface area contributed by atoms with E-state index in [0.717, 1.165) is 5.56 Å². The topological polar surface area (TPSA) is 84.7 Å². The van der Waals surface area contributed by atoms with Crippen molar-refractivity contribution in [2.24, 2.45) is 5.73 Å². The third-order valence-electron chi connectivity index (χ3n) is 2.46. The fraction of sp³-hybridized carbons (Fsp3) is 0.455. The lowest BCUT2D eigenvalue weighted by Crippen LogP contribution is -2.39. The fourth-order valence-electron chi connectivity index (χ4n) is 1.39. The van der Waals surface area contributed by atoms with E-state index in [0.29, 0.717) is 18.8 Å². The minimum Gasteiger partial charge on any atom is -0.383 e. The van der Waals surface area contributed by atoms with E-state index in [1.54, 1.807) is 18.2 Å². The molecule has 0 atom stereocenters. The van der Waals surface area contributed by atoms with Crippen molar-refractivity contribution >= 4 is 15.9 Å². The number of hydrogen-bond donors (Lipinski definition) is 2. The Balaban J connectivity index is 2.81. The van der Waals surface area contributed by atoms with Gasteiger partial charge in [0, 0.05) is 27.2 Å². The summed E-state index contributed by atoms with van der Waals surface area (Å²) in [7, 11) is -0.541. The SMILES string of the molecule is COCCNS(=O)(=O)N(C)c1cccc(CN)c1. The maximum Gasteiger partial charge on any atom is 0.301 e. The first kappa shape index (κ1) is 14.9. The van der Waals surface area contributed by atoms with Crippen LogP contribution in [0.4, 0.5) is 5.69 Å². The second-order valence-electron chi connectivity index (χ2n) is 3.73. The number of benzene rings is 1. The molecule has 0 aliphatic heterocycles. The Morgan fingerprint density at radius 3 is 2.78 bits per heavy atom. The number of hydrogen-bond acceptors (Lipinski definition) is 4. The molecular formula is C11H19N3O3S. The van der Waals surface area contributed by atoms with Crippen LogP contribution in [-0.4, -0.2) is 35.7 Å². The first-order chi connectivity index (χ1) is 8.51. The van der Waals surface area contributed by atoms with E-state index < -0.39 is 10.2 Å². The van der Waals surface area contributed by atoms with Crippen LogP contribution < -0.4 is 14.8 Å². The molecule has 6 nitrogen and oxygen atoms in total. The first-order valence-electron chi connectivity index (χ1n) is 5.52. The molecule has 1 aromatic carbocycles. The third-order valence-corrected chi connectivity index (χ3v) is 3.96. The highest BCUT2D eigenvalue weighted by atomic mass is 32.2. The molecule has 0 aliphatic rings. The number of nitrogens with one attached hydrogen (secondary N) is 1. The van der Waals surface area contributed by atoms with E-state index in [-0.39, 0.29) is 6.54 Å². The highest BCUT2D eigenvalue weighted by Gasteiger charge is 2.17. The smallest absolute Gasteiger partial charge is 0.301 e. The number of nitrogens with two attached hydrogens (primary N) is 1. The molecule has 102 valence electrons. The molecule has 0 aliphatic carbocycles. The van der Waals surface area contributed by atoms with Crippen molar-refractivity contribution < 1.29 is 13.2 Å². The molecule has 7 heteroatoms. The lowest BCUT2D eigenvalue weighted by atomic mass is 10.2. The zero-order chi connectivity index (χ0) is 13.6. The molecule has 0 fully saturated rings. The van der Waals surface area contributed by atoms with Gasteiger partial charge in [-0.15, -0.1) is 0 Å². The summed E-state index contributed by atoms with van der Waals surface area (Å²) in [5.74, 6) is 0. The van der Waals surface area contributed by atoms with Crippen LogP contribution in [-0.2, 0) is 21.5 Å². The van der Waals surface area contributed by atoms with Crippen molar-refractivity contribution in [3.8, 4) is 0 Å². The number of nitrogens with zero attached hydrogens (tertiary/aromatic N) is 1. The Morgan fingerprint density at radius 1 is 1.44 bits per heavy atom. The van der Waals surface area contributed by atoms with Gasteiger partial charge in [0.05, 0.1) is 12.3 Å². The molecule has 1 rings (SSSR count). The monoisotopic (exact) mass is 273 g/mol. The molecule has 0 amide bonds. The van der Waals surface area contributed by atoms with Crippen molar-refractivity contribution in [2.45, 2.75) is 6.54 Å². The van der Waals surface area contributed by atoms with Crippen LogP contribution in [0, 0.1) is 0 Å². The predicted molar refractivity (Wildman–Crippen MR) is 71.5 cm³/mol. The van der Waals surface area contributed by atoms with E-state index in [1.165, 1.54) is 18.5 Å². The summed E-state index contributed by atoms with van der Waals surface area (Å²) in [5, 5.41) is 0. The van der Waals surface area contributed by atoms with E-state index in [2.05, 4.69) is 4.72 Å². The molecule has 0 unspecified atom stereocenters. The van der Waals surface area contributed by atoms with Crippen molar-refractivity contribution in [1.29, 1.82) is 0 Å². The van der Waals surface area contributed by atoms with Gasteiger partial charge < -0.3 is 10.5 Å². The maximum absolute atomic E-state index is 11.9. The van der Waals surface area contributed by atoms with Crippen molar-refractivity contribution in [2.75, 3.05) is 31.6 Å². The second-order valence-corrected chi connectivity index (χ2v) is 5.52. The molecule has 3 N–H and O–H groups in total. The fourth-order valence-corrected chi connectivity index (χ4v) is 2.31. The van der Waals surface area contributed by atoms with E-state index in [9.17, 15) is 8.42 Å². The standard InChI is InChI=1S/C11H19N3O3S/c1-14(18(15,16)13-6-7-17-2)11-5-3-4-10(8-11)9-12/h3-5,8,13H,6-7,9,12H2,1-2H3. The molecule has 0 spiro atoms. The van der Waals surface area contributed by atoms with E-state index in [4.69, 9.17) is 10.5 Å².